The minimum absolute atomic E-state index is 0.153. The molecular weight excluding hydrogens is 349 g/mol. The largest absolute Gasteiger partial charge is 0.355 e. The van der Waals surface area contributed by atoms with Gasteiger partial charge in [-0.1, -0.05) is 42.0 Å². The molecule has 1 unspecified atom stereocenters. The Balaban J connectivity index is 1.89. The molecule has 1 heterocycles. The fourth-order valence-electron chi connectivity index (χ4n) is 3.96. The molecule has 0 bridgehead atoms. The lowest BCUT2D eigenvalue weighted by molar-refractivity contribution is 0.339. The van der Waals surface area contributed by atoms with Crippen LogP contribution in [0.2, 0.25) is 0 Å². The maximum atomic E-state index is 13.2. The number of halogens is 1. The lowest BCUT2D eigenvalue weighted by Crippen LogP contribution is -2.45. The summed E-state index contributed by atoms with van der Waals surface area (Å²) in [5.74, 6) is -0.256. The number of allylic oxidation sites excluding steroid dienone is 6. The Morgan fingerprint density at radius 1 is 1.32 bits per heavy atom. The number of nitrogens with one attached hydrogen (secondary N) is 3. The molecule has 1 aliphatic carbocycles. The molecule has 146 valence electrons. The van der Waals surface area contributed by atoms with Gasteiger partial charge in [0.1, 0.15) is 5.82 Å². The molecule has 0 saturated carbocycles. The van der Waals surface area contributed by atoms with Crippen molar-refractivity contribution in [3.05, 3.63) is 89.5 Å². The van der Waals surface area contributed by atoms with Crippen molar-refractivity contribution >= 4 is 11.9 Å². The van der Waals surface area contributed by atoms with Crippen molar-refractivity contribution < 1.29 is 4.39 Å². The second-order valence-corrected chi connectivity index (χ2v) is 7.33. The fourth-order valence-corrected chi connectivity index (χ4v) is 3.96. The van der Waals surface area contributed by atoms with Gasteiger partial charge in [0.05, 0.1) is 0 Å². The van der Waals surface area contributed by atoms with Gasteiger partial charge in [0, 0.05) is 29.6 Å². The second-order valence-electron chi connectivity index (χ2n) is 7.33. The molecule has 3 nitrogen and oxygen atoms in total. The molecule has 1 aromatic rings. The summed E-state index contributed by atoms with van der Waals surface area (Å²) in [5, 5.41) is 14.9. The molecule has 1 saturated heterocycles. The third-order valence-electron chi connectivity index (χ3n) is 5.55. The van der Waals surface area contributed by atoms with E-state index in [-0.39, 0.29) is 11.2 Å². The maximum Gasteiger partial charge on any atom is 0.123 e. The van der Waals surface area contributed by atoms with Gasteiger partial charge in [0.25, 0.3) is 0 Å². The van der Waals surface area contributed by atoms with Crippen molar-refractivity contribution in [1.29, 1.82) is 5.41 Å². The first-order valence-corrected chi connectivity index (χ1v) is 9.73. The number of piperidine rings is 1. The first-order chi connectivity index (χ1) is 13.6. The monoisotopic (exact) mass is 377 g/mol. The van der Waals surface area contributed by atoms with E-state index < -0.39 is 0 Å². The molecule has 1 fully saturated rings. The first kappa shape index (κ1) is 20.0. The van der Waals surface area contributed by atoms with Crippen LogP contribution in [0.15, 0.2) is 83.6 Å². The van der Waals surface area contributed by atoms with Crippen LogP contribution in [0.3, 0.4) is 0 Å². The third-order valence-corrected chi connectivity index (χ3v) is 5.55. The quantitative estimate of drug-likeness (QED) is 0.332. The number of fused-ring (bicyclic) bond motifs is 1. The molecular formula is C24H28FN3. The highest BCUT2D eigenvalue weighted by atomic mass is 19.1. The third kappa shape index (κ3) is 4.23. The summed E-state index contributed by atoms with van der Waals surface area (Å²) in [7, 11) is 0. The Morgan fingerprint density at radius 2 is 2.11 bits per heavy atom. The molecule has 28 heavy (non-hydrogen) atoms. The maximum absolute atomic E-state index is 13.2. The molecule has 1 atom stereocenters. The summed E-state index contributed by atoms with van der Waals surface area (Å²) in [6.45, 7) is 8.21. The number of rotatable bonds is 7. The molecule has 0 radical (unpaired) electrons. The minimum atomic E-state index is -0.256. The zero-order chi connectivity index (χ0) is 20.0. The summed E-state index contributed by atoms with van der Waals surface area (Å²) >= 11 is 0. The molecule has 0 spiro atoms. The zero-order valence-corrected chi connectivity index (χ0v) is 16.4. The zero-order valence-electron chi connectivity index (χ0n) is 16.4. The van der Waals surface area contributed by atoms with Crippen molar-refractivity contribution in [2.45, 2.75) is 26.2 Å². The van der Waals surface area contributed by atoms with Crippen LogP contribution >= 0.6 is 0 Å². The van der Waals surface area contributed by atoms with Gasteiger partial charge >= 0.3 is 0 Å². The number of hydrogen-bond donors (Lipinski definition) is 3. The predicted octanol–water partition coefficient (Wildman–Crippen LogP) is 5.53. The molecule has 1 aromatic carbocycles. The standard InChI is InChI=1S/C24H28FN3/c1-3-4-5-6-7-18(2)24-15-19(16-26)23(14-20(24)12-13-27-17-24)28-22-10-8-21(25)9-11-22/h3-6,8-11,14,16,26-28H,2,7,12-13,15,17H2,1H3/b4-3-,6-5-,26-16?. The Morgan fingerprint density at radius 3 is 2.82 bits per heavy atom. The van der Waals surface area contributed by atoms with Crippen molar-refractivity contribution in [3.8, 4) is 0 Å². The van der Waals surface area contributed by atoms with E-state index in [1.807, 2.05) is 19.1 Å². The van der Waals surface area contributed by atoms with E-state index in [4.69, 9.17) is 5.41 Å². The SMILES string of the molecule is C=C(C/C=C\C=C/C)C12CNCCC1=CC(Nc1ccc(F)cc1)=C(C=N)C2. The van der Waals surface area contributed by atoms with Crippen molar-refractivity contribution in [1.82, 2.24) is 5.32 Å². The summed E-state index contributed by atoms with van der Waals surface area (Å²) < 4.78 is 13.2. The minimum Gasteiger partial charge on any atom is -0.355 e. The van der Waals surface area contributed by atoms with E-state index >= 15 is 0 Å². The molecule has 2 aliphatic rings. The lowest BCUT2D eigenvalue weighted by Gasteiger charge is -2.45. The molecule has 0 aromatic heterocycles. The van der Waals surface area contributed by atoms with E-state index in [1.54, 1.807) is 12.1 Å². The van der Waals surface area contributed by atoms with Gasteiger partial charge in [-0.25, -0.2) is 4.39 Å². The van der Waals surface area contributed by atoms with Gasteiger partial charge < -0.3 is 16.0 Å². The lowest BCUT2D eigenvalue weighted by atomic mass is 9.64. The summed E-state index contributed by atoms with van der Waals surface area (Å²) in [5.41, 5.74) is 5.06. The van der Waals surface area contributed by atoms with Crippen LogP contribution in [0.25, 0.3) is 0 Å². The topological polar surface area (TPSA) is 47.9 Å². The smallest absolute Gasteiger partial charge is 0.123 e. The molecule has 3 N–H and O–H groups in total. The number of hydrogen-bond acceptors (Lipinski definition) is 3. The van der Waals surface area contributed by atoms with Gasteiger partial charge in [0.2, 0.25) is 0 Å². The van der Waals surface area contributed by atoms with Crippen LogP contribution in [-0.2, 0) is 0 Å². The summed E-state index contributed by atoms with van der Waals surface area (Å²) in [6, 6.07) is 6.32. The molecule has 1 aliphatic heterocycles. The Hall–Kier alpha value is -2.72. The van der Waals surface area contributed by atoms with Gasteiger partial charge in [-0.05, 0) is 68.6 Å². The van der Waals surface area contributed by atoms with E-state index in [1.165, 1.54) is 29.5 Å². The Labute approximate surface area is 166 Å². The molecule has 4 heteroatoms. The van der Waals surface area contributed by atoms with E-state index in [0.717, 1.165) is 49.3 Å². The van der Waals surface area contributed by atoms with Crippen LogP contribution in [0.5, 0.6) is 0 Å². The normalized spacial score (nSPS) is 22.3. The van der Waals surface area contributed by atoms with Crippen LogP contribution in [-0.4, -0.2) is 19.3 Å². The van der Waals surface area contributed by atoms with Gasteiger partial charge in [-0.3, -0.25) is 0 Å². The van der Waals surface area contributed by atoms with Crippen LogP contribution in [0, 0.1) is 16.6 Å². The van der Waals surface area contributed by atoms with Crippen LogP contribution in [0.1, 0.15) is 26.2 Å². The van der Waals surface area contributed by atoms with E-state index in [0.29, 0.717) is 0 Å². The predicted molar refractivity (Wildman–Crippen MR) is 116 cm³/mol. The first-order valence-electron chi connectivity index (χ1n) is 9.73. The van der Waals surface area contributed by atoms with Crippen molar-refractivity contribution in [2.75, 3.05) is 18.4 Å². The summed E-state index contributed by atoms with van der Waals surface area (Å²) in [4.78, 5) is 0. The van der Waals surface area contributed by atoms with Crippen LogP contribution < -0.4 is 10.6 Å². The molecule has 0 amide bonds. The highest BCUT2D eigenvalue weighted by Crippen LogP contribution is 2.48. The number of anilines is 1. The van der Waals surface area contributed by atoms with Gasteiger partial charge in [-0.15, -0.1) is 0 Å². The Bertz CT molecular complexity index is 858. The average molecular weight is 378 g/mol. The Kier molecular flexibility index (Phi) is 6.42. The average Bonchev–Trinajstić information content (AvgIpc) is 2.72. The van der Waals surface area contributed by atoms with Gasteiger partial charge in [-0.2, -0.15) is 0 Å². The van der Waals surface area contributed by atoms with Crippen LogP contribution in [0.4, 0.5) is 10.1 Å². The van der Waals surface area contributed by atoms with Crippen molar-refractivity contribution in [3.63, 3.8) is 0 Å². The van der Waals surface area contributed by atoms with Gasteiger partial charge in [0.15, 0.2) is 0 Å². The van der Waals surface area contributed by atoms with E-state index in [2.05, 4.69) is 35.4 Å². The molecule has 3 rings (SSSR count). The number of benzene rings is 1. The fraction of sp³-hybridized carbons (Fsp3) is 0.292. The van der Waals surface area contributed by atoms with Crippen molar-refractivity contribution in [2.24, 2.45) is 5.41 Å². The second kappa shape index (κ2) is 8.98. The summed E-state index contributed by atoms with van der Waals surface area (Å²) in [6.07, 6.45) is 14.3. The highest BCUT2D eigenvalue weighted by Gasteiger charge is 2.41. The van der Waals surface area contributed by atoms with E-state index in [9.17, 15) is 4.39 Å². The highest BCUT2D eigenvalue weighted by molar-refractivity contribution is 5.81.